The van der Waals surface area contributed by atoms with E-state index in [-0.39, 0.29) is 49.3 Å². The lowest BCUT2D eigenvalue weighted by molar-refractivity contribution is -0.384. The van der Waals surface area contributed by atoms with Crippen LogP contribution in [0, 0.1) is 15.9 Å². The second-order valence-electron chi connectivity index (χ2n) is 6.28. The third kappa shape index (κ3) is 4.87. The fourth-order valence-corrected chi connectivity index (χ4v) is 4.31. The number of amides is 1. The minimum Gasteiger partial charge on any atom is -0.484 e. The average molecular weight is 423 g/mol. The number of nitro benzene ring substituents is 1. The zero-order valence-corrected chi connectivity index (χ0v) is 16.0. The summed E-state index contributed by atoms with van der Waals surface area (Å²) >= 11 is 0. The molecule has 29 heavy (non-hydrogen) atoms. The number of carbonyl (C=O) groups excluding carboxylic acids is 1. The quantitative estimate of drug-likeness (QED) is 0.516. The maximum absolute atomic E-state index is 13.3. The highest BCUT2D eigenvalue weighted by molar-refractivity contribution is 7.89. The summed E-state index contributed by atoms with van der Waals surface area (Å²) in [7, 11) is -3.83. The van der Waals surface area contributed by atoms with Gasteiger partial charge in [0.1, 0.15) is 11.6 Å². The normalized spacial score (nSPS) is 15.1. The number of benzene rings is 2. The Morgan fingerprint density at radius 2 is 1.76 bits per heavy atom. The Hall–Kier alpha value is -3.05. The van der Waals surface area contributed by atoms with Gasteiger partial charge in [0.25, 0.3) is 11.6 Å². The standard InChI is InChI=1S/C18H18FN3O6S/c19-14-2-1-3-17(12-14)29(26,27)21-10-8-20(9-11-21)18(23)13-28-16-6-4-15(5-7-16)22(24)25/h1-7,12H,8-11,13H2. The van der Waals surface area contributed by atoms with Gasteiger partial charge in [0, 0.05) is 38.3 Å². The van der Waals surface area contributed by atoms with Crippen molar-refractivity contribution in [2.24, 2.45) is 0 Å². The van der Waals surface area contributed by atoms with E-state index < -0.39 is 20.8 Å². The molecule has 0 N–H and O–H groups in total. The van der Waals surface area contributed by atoms with E-state index >= 15 is 0 Å². The van der Waals surface area contributed by atoms with Gasteiger partial charge in [0.05, 0.1) is 9.82 Å². The first kappa shape index (κ1) is 20.7. The number of sulfonamides is 1. The summed E-state index contributed by atoms with van der Waals surface area (Å²) < 4.78 is 45.1. The Bertz CT molecular complexity index is 1000. The Balaban J connectivity index is 1.53. The van der Waals surface area contributed by atoms with E-state index in [9.17, 15) is 27.7 Å². The van der Waals surface area contributed by atoms with Crippen LogP contribution in [0.5, 0.6) is 5.75 Å². The number of halogens is 1. The molecule has 1 aliphatic rings. The van der Waals surface area contributed by atoms with Crippen LogP contribution in [0.4, 0.5) is 10.1 Å². The summed E-state index contributed by atoms with van der Waals surface area (Å²) in [5, 5.41) is 10.6. The van der Waals surface area contributed by atoms with Gasteiger partial charge in [-0.3, -0.25) is 14.9 Å². The maximum atomic E-state index is 13.3. The highest BCUT2D eigenvalue weighted by Crippen LogP contribution is 2.19. The molecule has 9 nitrogen and oxygen atoms in total. The van der Waals surface area contributed by atoms with Crippen LogP contribution in [0.3, 0.4) is 0 Å². The molecule has 0 radical (unpaired) electrons. The van der Waals surface area contributed by atoms with Crippen molar-refractivity contribution in [1.29, 1.82) is 0 Å². The molecule has 0 saturated carbocycles. The zero-order valence-electron chi connectivity index (χ0n) is 15.2. The van der Waals surface area contributed by atoms with Crippen molar-refractivity contribution in [2.75, 3.05) is 32.8 Å². The number of carbonyl (C=O) groups is 1. The van der Waals surface area contributed by atoms with E-state index in [0.29, 0.717) is 5.75 Å². The smallest absolute Gasteiger partial charge is 0.269 e. The van der Waals surface area contributed by atoms with E-state index in [1.807, 2.05) is 0 Å². The summed E-state index contributed by atoms with van der Waals surface area (Å²) in [5.74, 6) is -0.647. The predicted molar refractivity (Wildman–Crippen MR) is 100 cm³/mol. The Morgan fingerprint density at radius 1 is 1.10 bits per heavy atom. The molecule has 154 valence electrons. The van der Waals surface area contributed by atoms with E-state index in [0.717, 1.165) is 6.07 Å². The number of hydrogen-bond acceptors (Lipinski definition) is 6. The molecule has 11 heteroatoms. The van der Waals surface area contributed by atoms with Gasteiger partial charge in [0.2, 0.25) is 10.0 Å². The lowest BCUT2D eigenvalue weighted by Crippen LogP contribution is -2.51. The fraction of sp³-hybridized carbons (Fsp3) is 0.278. The zero-order chi connectivity index (χ0) is 21.0. The fourth-order valence-electron chi connectivity index (χ4n) is 2.85. The van der Waals surface area contributed by atoms with Crippen molar-refractivity contribution in [3.8, 4) is 5.75 Å². The molecule has 1 aliphatic heterocycles. The van der Waals surface area contributed by atoms with Gasteiger partial charge < -0.3 is 9.64 Å². The summed E-state index contributed by atoms with van der Waals surface area (Å²) in [6.07, 6.45) is 0. The molecule has 0 unspecified atom stereocenters. The number of hydrogen-bond donors (Lipinski definition) is 0. The van der Waals surface area contributed by atoms with E-state index in [1.165, 1.54) is 51.7 Å². The minimum absolute atomic E-state index is 0.0840. The average Bonchev–Trinajstić information content (AvgIpc) is 2.72. The van der Waals surface area contributed by atoms with Crippen molar-refractivity contribution < 1.29 is 27.3 Å². The van der Waals surface area contributed by atoms with Crippen molar-refractivity contribution in [1.82, 2.24) is 9.21 Å². The first-order chi connectivity index (χ1) is 13.8. The van der Waals surface area contributed by atoms with Gasteiger partial charge in [0.15, 0.2) is 6.61 Å². The lowest BCUT2D eigenvalue weighted by Gasteiger charge is -2.34. The molecular weight excluding hydrogens is 405 g/mol. The third-order valence-electron chi connectivity index (χ3n) is 4.44. The van der Waals surface area contributed by atoms with Crippen LogP contribution in [0.1, 0.15) is 0 Å². The van der Waals surface area contributed by atoms with Crippen LogP contribution in [-0.2, 0) is 14.8 Å². The molecule has 2 aromatic rings. The lowest BCUT2D eigenvalue weighted by atomic mass is 10.3. The van der Waals surface area contributed by atoms with Crippen LogP contribution in [0.25, 0.3) is 0 Å². The number of nitrogens with zero attached hydrogens (tertiary/aromatic N) is 3. The topological polar surface area (TPSA) is 110 Å². The molecule has 1 fully saturated rings. The van der Waals surface area contributed by atoms with Crippen molar-refractivity contribution in [3.05, 3.63) is 64.5 Å². The van der Waals surface area contributed by atoms with Gasteiger partial charge in [-0.1, -0.05) is 6.07 Å². The Labute approximate surface area is 166 Å². The number of nitro groups is 1. The molecule has 0 atom stereocenters. The van der Waals surface area contributed by atoms with Crippen molar-refractivity contribution in [2.45, 2.75) is 4.90 Å². The number of piperazine rings is 1. The monoisotopic (exact) mass is 423 g/mol. The SMILES string of the molecule is O=C(COc1ccc([N+](=O)[O-])cc1)N1CCN(S(=O)(=O)c2cccc(F)c2)CC1. The van der Waals surface area contributed by atoms with E-state index in [1.54, 1.807) is 0 Å². The summed E-state index contributed by atoms with van der Waals surface area (Å²) in [4.78, 5) is 23.7. The highest BCUT2D eigenvalue weighted by Gasteiger charge is 2.30. The molecule has 0 bridgehead atoms. The van der Waals surface area contributed by atoms with Crippen LogP contribution >= 0.6 is 0 Å². The Morgan fingerprint density at radius 3 is 2.34 bits per heavy atom. The largest absolute Gasteiger partial charge is 0.484 e. The first-order valence-corrected chi connectivity index (χ1v) is 10.1. The molecule has 0 aliphatic carbocycles. The third-order valence-corrected chi connectivity index (χ3v) is 6.33. The van der Waals surface area contributed by atoms with E-state index in [2.05, 4.69) is 0 Å². The summed E-state index contributed by atoms with van der Waals surface area (Å²) in [5.41, 5.74) is -0.0840. The highest BCUT2D eigenvalue weighted by atomic mass is 32.2. The van der Waals surface area contributed by atoms with Gasteiger partial charge >= 0.3 is 0 Å². The van der Waals surface area contributed by atoms with Gasteiger partial charge in [-0.25, -0.2) is 12.8 Å². The molecular formula is C18H18FN3O6S. The van der Waals surface area contributed by atoms with Crippen molar-refractivity contribution >= 4 is 21.6 Å². The molecule has 1 heterocycles. The molecule has 0 spiro atoms. The van der Waals surface area contributed by atoms with Crippen LogP contribution in [0.2, 0.25) is 0 Å². The molecule has 2 aromatic carbocycles. The molecule has 3 rings (SSSR count). The number of non-ortho nitro benzene ring substituents is 1. The van der Waals surface area contributed by atoms with Gasteiger partial charge in [-0.2, -0.15) is 4.31 Å². The molecule has 1 amide bonds. The number of rotatable bonds is 6. The summed E-state index contributed by atoms with van der Waals surface area (Å²) in [6, 6.07) is 10.1. The van der Waals surface area contributed by atoms with Gasteiger partial charge in [-0.05, 0) is 30.3 Å². The van der Waals surface area contributed by atoms with E-state index in [4.69, 9.17) is 4.74 Å². The maximum Gasteiger partial charge on any atom is 0.269 e. The van der Waals surface area contributed by atoms with Crippen LogP contribution < -0.4 is 4.74 Å². The minimum atomic E-state index is -3.83. The van der Waals surface area contributed by atoms with Crippen molar-refractivity contribution in [3.63, 3.8) is 0 Å². The predicted octanol–water partition coefficient (Wildman–Crippen LogP) is 1.65. The second-order valence-corrected chi connectivity index (χ2v) is 8.22. The number of ether oxygens (including phenoxy) is 1. The Kier molecular flexibility index (Phi) is 6.09. The molecule has 0 aromatic heterocycles. The van der Waals surface area contributed by atoms with Crippen LogP contribution in [0.15, 0.2) is 53.4 Å². The second kappa shape index (κ2) is 8.53. The molecule has 1 saturated heterocycles. The van der Waals surface area contributed by atoms with Gasteiger partial charge in [-0.15, -0.1) is 0 Å². The van der Waals surface area contributed by atoms with Crippen LogP contribution in [-0.4, -0.2) is 61.2 Å². The first-order valence-electron chi connectivity index (χ1n) is 8.68. The summed E-state index contributed by atoms with van der Waals surface area (Å²) in [6.45, 7) is 0.257.